The van der Waals surface area contributed by atoms with Crippen LogP contribution in [0, 0.1) is 0 Å². The van der Waals surface area contributed by atoms with Crippen LogP contribution in [0.5, 0.6) is 11.5 Å². The number of aryl methyl sites for hydroxylation is 1. The second kappa shape index (κ2) is 6.83. The predicted octanol–water partition coefficient (Wildman–Crippen LogP) is 3.88. The van der Waals surface area contributed by atoms with Gasteiger partial charge in [0.15, 0.2) is 0 Å². The van der Waals surface area contributed by atoms with E-state index in [2.05, 4.69) is 31.2 Å². The molecule has 0 radical (unpaired) electrons. The van der Waals surface area contributed by atoms with Gasteiger partial charge in [0.1, 0.15) is 11.5 Å². The minimum Gasteiger partial charge on any atom is -0.497 e. The van der Waals surface area contributed by atoms with Crippen LogP contribution in [-0.2, 0) is 12.8 Å². The van der Waals surface area contributed by atoms with Gasteiger partial charge < -0.3 is 9.47 Å². The van der Waals surface area contributed by atoms with Crippen LogP contribution in [0.3, 0.4) is 0 Å². The summed E-state index contributed by atoms with van der Waals surface area (Å²) in [6.07, 6.45) is 1.94. The summed E-state index contributed by atoms with van der Waals surface area (Å²) in [4.78, 5) is 0. The second-order valence-electron chi connectivity index (χ2n) is 4.45. The fourth-order valence-electron chi connectivity index (χ4n) is 1.93. The third-order valence-electron chi connectivity index (χ3n) is 3.13. The largest absolute Gasteiger partial charge is 0.497 e. The molecule has 0 heterocycles. The first-order chi connectivity index (χ1) is 9.31. The summed E-state index contributed by atoms with van der Waals surface area (Å²) in [6, 6.07) is 16.4. The molecule has 2 aromatic carbocycles. The molecule has 0 fully saturated rings. The van der Waals surface area contributed by atoms with Gasteiger partial charge in [-0.15, -0.1) is 0 Å². The molecule has 2 nitrogen and oxygen atoms in total. The summed E-state index contributed by atoms with van der Waals surface area (Å²) < 4.78 is 10.9. The maximum Gasteiger partial charge on any atom is 0.119 e. The van der Waals surface area contributed by atoms with Gasteiger partial charge in [0.2, 0.25) is 0 Å². The van der Waals surface area contributed by atoms with Crippen molar-refractivity contribution in [2.45, 2.75) is 19.8 Å². The van der Waals surface area contributed by atoms with Gasteiger partial charge in [-0.1, -0.05) is 31.2 Å². The number of rotatable bonds is 6. The van der Waals surface area contributed by atoms with Crippen molar-refractivity contribution in [1.82, 2.24) is 0 Å². The molecule has 2 rings (SSSR count). The van der Waals surface area contributed by atoms with E-state index in [-0.39, 0.29) is 0 Å². The highest BCUT2D eigenvalue weighted by molar-refractivity contribution is 5.29. The fraction of sp³-hybridized carbons (Fsp3) is 0.294. The zero-order chi connectivity index (χ0) is 13.5. The SMILES string of the molecule is CCc1cccc(OCCc2ccc(OC)cc2)c1. The van der Waals surface area contributed by atoms with Crippen LogP contribution in [0.2, 0.25) is 0 Å². The molecule has 0 unspecified atom stereocenters. The van der Waals surface area contributed by atoms with Gasteiger partial charge in [-0.05, 0) is 41.8 Å². The summed E-state index contributed by atoms with van der Waals surface area (Å²) in [6.45, 7) is 2.84. The Morgan fingerprint density at radius 3 is 2.37 bits per heavy atom. The zero-order valence-corrected chi connectivity index (χ0v) is 11.6. The van der Waals surface area contributed by atoms with Crippen LogP contribution in [0.4, 0.5) is 0 Å². The van der Waals surface area contributed by atoms with Crippen LogP contribution in [-0.4, -0.2) is 13.7 Å². The van der Waals surface area contributed by atoms with Gasteiger partial charge in [0.25, 0.3) is 0 Å². The molecule has 0 aromatic heterocycles. The highest BCUT2D eigenvalue weighted by Gasteiger charge is 1.98. The summed E-state index contributed by atoms with van der Waals surface area (Å²) in [7, 11) is 1.68. The summed E-state index contributed by atoms with van der Waals surface area (Å²) in [5, 5.41) is 0. The molecule has 0 amide bonds. The van der Waals surface area contributed by atoms with Crippen LogP contribution in [0.25, 0.3) is 0 Å². The molecule has 0 N–H and O–H groups in total. The van der Waals surface area contributed by atoms with Gasteiger partial charge >= 0.3 is 0 Å². The Morgan fingerprint density at radius 2 is 1.68 bits per heavy atom. The van der Waals surface area contributed by atoms with Gasteiger partial charge in [-0.25, -0.2) is 0 Å². The molecule has 0 saturated heterocycles. The minimum absolute atomic E-state index is 0.694. The molecule has 100 valence electrons. The molecule has 0 aliphatic rings. The zero-order valence-electron chi connectivity index (χ0n) is 11.6. The molecule has 19 heavy (non-hydrogen) atoms. The topological polar surface area (TPSA) is 18.5 Å². The van der Waals surface area contributed by atoms with Crippen molar-refractivity contribution in [3.05, 3.63) is 59.7 Å². The van der Waals surface area contributed by atoms with Crippen molar-refractivity contribution in [1.29, 1.82) is 0 Å². The van der Waals surface area contributed by atoms with E-state index in [0.717, 1.165) is 24.3 Å². The molecular weight excluding hydrogens is 236 g/mol. The average molecular weight is 256 g/mol. The van der Waals surface area contributed by atoms with E-state index in [4.69, 9.17) is 9.47 Å². The molecule has 0 aliphatic carbocycles. The smallest absolute Gasteiger partial charge is 0.119 e. The lowest BCUT2D eigenvalue weighted by molar-refractivity contribution is 0.321. The number of hydrogen-bond acceptors (Lipinski definition) is 2. The van der Waals surface area contributed by atoms with Crippen LogP contribution in [0.15, 0.2) is 48.5 Å². The Labute approximate surface area is 115 Å². The van der Waals surface area contributed by atoms with Crippen LogP contribution < -0.4 is 9.47 Å². The lowest BCUT2D eigenvalue weighted by Gasteiger charge is -2.08. The highest BCUT2D eigenvalue weighted by Crippen LogP contribution is 2.15. The van der Waals surface area contributed by atoms with E-state index < -0.39 is 0 Å². The molecule has 0 aliphatic heterocycles. The number of hydrogen-bond donors (Lipinski definition) is 0. The first-order valence-corrected chi connectivity index (χ1v) is 6.66. The quantitative estimate of drug-likeness (QED) is 0.781. The third-order valence-corrected chi connectivity index (χ3v) is 3.13. The first kappa shape index (κ1) is 13.5. The first-order valence-electron chi connectivity index (χ1n) is 6.66. The lowest BCUT2D eigenvalue weighted by atomic mass is 10.1. The van der Waals surface area contributed by atoms with Crippen molar-refractivity contribution in [2.75, 3.05) is 13.7 Å². The molecule has 0 saturated carbocycles. The molecule has 0 spiro atoms. The normalized spacial score (nSPS) is 10.2. The molecule has 0 atom stereocenters. The molecular formula is C17H20O2. The molecule has 2 heteroatoms. The van der Waals surface area contributed by atoms with Gasteiger partial charge in [0.05, 0.1) is 13.7 Å². The highest BCUT2D eigenvalue weighted by atomic mass is 16.5. The monoisotopic (exact) mass is 256 g/mol. The van der Waals surface area contributed by atoms with E-state index in [1.54, 1.807) is 7.11 Å². The Hall–Kier alpha value is -1.96. The Kier molecular flexibility index (Phi) is 4.85. The fourth-order valence-corrected chi connectivity index (χ4v) is 1.93. The van der Waals surface area contributed by atoms with E-state index in [0.29, 0.717) is 6.61 Å². The van der Waals surface area contributed by atoms with Crippen LogP contribution in [0.1, 0.15) is 18.1 Å². The van der Waals surface area contributed by atoms with E-state index >= 15 is 0 Å². The van der Waals surface area contributed by atoms with E-state index in [1.807, 2.05) is 24.3 Å². The Balaban J connectivity index is 1.85. The maximum absolute atomic E-state index is 5.78. The van der Waals surface area contributed by atoms with Gasteiger partial charge in [-0.2, -0.15) is 0 Å². The van der Waals surface area contributed by atoms with E-state index in [1.165, 1.54) is 11.1 Å². The number of ether oxygens (including phenoxy) is 2. The number of methoxy groups -OCH3 is 1. The number of benzene rings is 2. The van der Waals surface area contributed by atoms with Gasteiger partial charge in [0, 0.05) is 6.42 Å². The maximum atomic E-state index is 5.78. The minimum atomic E-state index is 0.694. The van der Waals surface area contributed by atoms with Crippen molar-refractivity contribution in [3.63, 3.8) is 0 Å². The Bertz CT molecular complexity index is 503. The summed E-state index contributed by atoms with van der Waals surface area (Å²) in [5.74, 6) is 1.84. The Morgan fingerprint density at radius 1 is 0.895 bits per heavy atom. The standard InChI is InChI=1S/C17H20O2/c1-3-14-5-4-6-17(13-14)19-12-11-15-7-9-16(18-2)10-8-15/h4-10,13H,3,11-12H2,1-2H3. The summed E-state index contributed by atoms with van der Waals surface area (Å²) in [5.41, 5.74) is 2.56. The predicted molar refractivity (Wildman–Crippen MR) is 78.0 cm³/mol. The van der Waals surface area contributed by atoms with E-state index in [9.17, 15) is 0 Å². The van der Waals surface area contributed by atoms with Gasteiger partial charge in [-0.3, -0.25) is 0 Å². The van der Waals surface area contributed by atoms with Crippen molar-refractivity contribution >= 4 is 0 Å². The lowest BCUT2D eigenvalue weighted by Crippen LogP contribution is -2.01. The molecule has 0 bridgehead atoms. The third kappa shape index (κ3) is 4.02. The van der Waals surface area contributed by atoms with Crippen molar-refractivity contribution in [3.8, 4) is 11.5 Å². The van der Waals surface area contributed by atoms with Crippen LogP contribution >= 0.6 is 0 Å². The molecule has 2 aromatic rings. The second-order valence-corrected chi connectivity index (χ2v) is 4.45. The van der Waals surface area contributed by atoms with Crippen molar-refractivity contribution in [2.24, 2.45) is 0 Å². The average Bonchev–Trinajstić information content (AvgIpc) is 2.48. The van der Waals surface area contributed by atoms with Crippen molar-refractivity contribution < 1.29 is 9.47 Å². The summed E-state index contributed by atoms with van der Waals surface area (Å²) >= 11 is 0.